The Kier molecular flexibility index (Phi) is 4.11. The number of nitro groups is 1. The Hall–Kier alpha value is -1.95. The van der Waals surface area contributed by atoms with Gasteiger partial charge in [-0.2, -0.15) is 0 Å². The highest BCUT2D eigenvalue weighted by Crippen LogP contribution is 2.26. The van der Waals surface area contributed by atoms with Crippen LogP contribution >= 0.6 is 15.9 Å². The minimum Gasteiger partial charge on any atom is -0.380 e. The molecule has 0 fully saturated rings. The van der Waals surface area contributed by atoms with E-state index in [0.717, 1.165) is 16.8 Å². The molecule has 0 aliphatic rings. The van der Waals surface area contributed by atoms with E-state index in [0.29, 0.717) is 11.0 Å². The van der Waals surface area contributed by atoms with Gasteiger partial charge in [0.15, 0.2) is 0 Å². The van der Waals surface area contributed by atoms with E-state index in [1.54, 1.807) is 24.5 Å². The number of hydrogen-bond donors (Lipinski definition) is 1. The fraction of sp³-hybridized carbons (Fsp3) is 0.154. The van der Waals surface area contributed by atoms with Crippen molar-refractivity contribution in [1.82, 2.24) is 4.98 Å². The maximum atomic E-state index is 10.8. The van der Waals surface area contributed by atoms with Crippen LogP contribution in [0.5, 0.6) is 0 Å². The van der Waals surface area contributed by atoms with Crippen molar-refractivity contribution in [1.29, 1.82) is 0 Å². The molecule has 6 heteroatoms. The van der Waals surface area contributed by atoms with Crippen molar-refractivity contribution in [2.24, 2.45) is 0 Å². The Morgan fingerprint density at radius 3 is 2.89 bits per heavy atom. The van der Waals surface area contributed by atoms with E-state index in [-0.39, 0.29) is 5.69 Å². The fourth-order valence-corrected chi connectivity index (χ4v) is 2.05. The molecule has 0 spiro atoms. The van der Waals surface area contributed by atoms with Crippen LogP contribution in [-0.4, -0.2) is 9.91 Å². The summed E-state index contributed by atoms with van der Waals surface area (Å²) < 4.78 is 0.485. The van der Waals surface area contributed by atoms with Gasteiger partial charge in [-0.15, -0.1) is 0 Å². The number of hydrogen-bond acceptors (Lipinski definition) is 4. The molecule has 0 saturated heterocycles. The maximum Gasteiger partial charge on any atom is 0.283 e. The number of nitrogens with one attached hydrogen (secondary N) is 1. The van der Waals surface area contributed by atoms with Crippen LogP contribution in [-0.2, 0) is 6.54 Å². The van der Waals surface area contributed by atoms with Crippen molar-refractivity contribution < 1.29 is 4.92 Å². The molecular formula is C13H12BrN3O2. The molecule has 0 atom stereocenters. The van der Waals surface area contributed by atoms with Gasteiger partial charge in [0.2, 0.25) is 0 Å². The zero-order chi connectivity index (χ0) is 13.8. The second-order valence-electron chi connectivity index (χ2n) is 4.09. The van der Waals surface area contributed by atoms with Gasteiger partial charge in [-0.1, -0.05) is 6.07 Å². The quantitative estimate of drug-likeness (QED) is 0.689. The molecule has 19 heavy (non-hydrogen) atoms. The number of halogens is 1. The molecule has 0 saturated carbocycles. The summed E-state index contributed by atoms with van der Waals surface area (Å²) >= 11 is 3.17. The van der Waals surface area contributed by atoms with E-state index < -0.39 is 4.92 Å². The van der Waals surface area contributed by atoms with E-state index in [2.05, 4.69) is 26.2 Å². The van der Waals surface area contributed by atoms with Crippen molar-refractivity contribution in [2.45, 2.75) is 13.5 Å². The molecule has 1 aromatic heterocycles. The lowest BCUT2D eigenvalue weighted by molar-refractivity contribution is -0.385. The summed E-state index contributed by atoms with van der Waals surface area (Å²) in [5.41, 5.74) is 2.93. The van der Waals surface area contributed by atoms with E-state index in [1.807, 2.05) is 19.1 Å². The molecule has 1 heterocycles. The second kappa shape index (κ2) is 5.79. The number of rotatable bonds is 4. The van der Waals surface area contributed by atoms with E-state index >= 15 is 0 Å². The highest BCUT2D eigenvalue weighted by atomic mass is 79.9. The molecular weight excluding hydrogens is 310 g/mol. The minimum absolute atomic E-state index is 0.0715. The van der Waals surface area contributed by atoms with Crippen molar-refractivity contribution in [2.75, 3.05) is 5.32 Å². The van der Waals surface area contributed by atoms with Crippen LogP contribution in [0, 0.1) is 17.0 Å². The molecule has 1 N–H and O–H groups in total. The van der Waals surface area contributed by atoms with Crippen molar-refractivity contribution in [3.05, 3.63) is 62.4 Å². The first kappa shape index (κ1) is 13.5. The SMILES string of the molecule is Cc1ccncc1NCc1ccc(Br)c([N+](=O)[O-])c1. The summed E-state index contributed by atoms with van der Waals surface area (Å²) in [6.07, 6.45) is 3.47. The summed E-state index contributed by atoms with van der Waals surface area (Å²) in [7, 11) is 0. The van der Waals surface area contributed by atoms with Gasteiger partial charge >= 0.3 is 0 Å². The van der Waals surface area contributed by atoms with Crippen LogP contribution < -0.4 is 5.32 Å². The van der Waals surface area contributed by atoms with Crippen molar-refractivity contribution in [3.8, 4) is 0 Å². The summed E-state index contributed by atoms with van der Waals surface area (Å²) in [5.74, 6) is 0. The van der Waals surface area contributed by atoms with E-state index in [4.69, 9.17) is 0 Å². The third-order valence-corrected chi connectivity index (χ3v) is 3.40. The lowest BCUT2D eigenvalue weighted by Crippen LogP contribution is -2.02. The first-order chi connectivity index (χ1) is 9.08. The molecule has 5 nitrogen and oxygen atoms in total. The topological polar surface area (TPSA) is 68.1 Å². The molecule has 2 rings (SSSR count). The first-order valence-electron chi connectivity index (χ1n) is 5.65. The van der Waals surface area contributed by atoms with Crippen LogP contribution in [0.1, 0.15) is 11.1 Å². The van der Waals surface area contributed by atoms with Gasteiger partial charge in [0.05, 0.1) is 21.3 Å². The summed E-state index contributed by atoms with van der Waals surface area (Å²) in [4.78, 5) is 14.5. The third kappa shape index (κ3) is 3.29. The molecule has 0 amide bonds. The van der Waals surface area contributed by atoms with Crippen molar-refractivity contribution >= 4 is 27.3 Å². The van der Waals surface area contributed by atoms with E-state index in [1.165, 1.54) is 0 Å². The average Bonchev–Trinajstić information content (AvgIpc) is 2.39. The zero-order valence-corrected chi connectivity index (χ0v) is 11.8. The normalized spacial score (nSPS) is 10.2. The van der Waals surface area contributed by atoms with Crippen LogP contribution in [0.3, 0.4) is 0 Å². The summed E-state index contributed by atoms with van der Waals surface area (Å²) in [5, 5.41) is 14.1. The maximum absolute atomic E-state index is 10.8. The predicted octanol–water partition coefficient (Wildman–Crippen LogP) is 3.67. The van der Waals surface area contributed by atoms with Crippen LogP contribution in [0.25, 0.3) is 0 Å². The molecule has 1 aromatic carbocycles. The molecule has 0 radical (unpaired) electrons. The zero-order valence-electron chi connectivity index (χ0n) is 10.3. The van der Waals surface area contributed by atoms with Crippen LogP contribution in [0.2, 0.25) is 0 Å². The molecule has 98 valence electrons. The molecule has 0 bridgehead atoms. The van der Waals surface area contributed by atoms with Crippen LogP contribution in [0.15, 0.2) is 41.1 Å². The fourth-order valence-electron chi connectivity index (χ4n) is 1.65. The number of pyridine rings is 1. The number of aromatic nitrogens is 1. The Labute approximate surface area is 119 Å². The second-order valence-corrected chi connectivity index (χ2v) is 4.94. The predicted molar refractivity (Wildman–Crippen MR) is 77.1 cm³/mol. The lowest BCUT2D eigenvalue weighted by Gasteiger charge is -2.08. The standard InChI is InChI=1S/C13H12BrN3O2/c1-9-4-5-15-8-12(9)16-7-10-2-3-11(14)13(6-10)17(18)19/h2-6,8,16H,7H2,1H3. The number of nitro benzene ring substituents is 1. The molecule has 2 aromatic rings. The Morgan fingerprint density at radius 2 is 2.21 bits per heavy atom. The summed E-state index contributed by atoms with van der Waals surface area (Å²) in [6, 6.07) is 7.00. The van der Waals surface area contributed by atoms with Gasteiger partial charge in [0, 0.05) is 18.8 Å². The van der Waals surface area contributed by atoms with Gasteiger partial charge in [-0.3, -0.25) is 15.1 Å². The highest BCUT2D eigenvalue weighted by Gasteiger charge is 2.12. The van der Waals surface area contributed by atoms with Crippen LogP contribution in [0.4, 0.5) is 11.4 Å². The van der Waals surface area contributed by atoms with E-state index in [9.17, 15) is 10.1 Å². The Bertz CT molecular complexity index is 617. The summed E-state index contributed by atoms with van der Waals surface area (Å²) in [6.45, 7) is 2.49. The Morgan fingerprint density at radius 1 is 1.42 bits per heavy atom. The molecule has 0 aliphatic carbocycles. The highest BCUT2D eigenvalue weighted by molar-refractivity contribution is 9.10. The first-order valence-corrected chi connectivity index (χ1v) is 6.44. The number of anilines is 1. The molecule has 0 aliphatic heterocycles. The number of benzene rings is 1. The lowest BCUT2D eigenvalue weighted by atomic mass is 10.2. The smallest absolute Gasteiger partial charge is 0.283 e. The van der Waals surface area contributed by atoms with Crippen molar-refractivity contribution in [3.63, 3.8) is 0 Å². The average molecular weight is 322 g/mol. The van der Waals surface area contributed by atoms with Gasteiger partial charge in [-0.25, -0.2) is 0 Å². The Balaban J connectivity index is 2.14. The minimum atomic E-state index is -0.400. The third-order valence-electron chi connectivity index (χ3n) is 2.73. The number of nitrogens with zero attached hydrogens (tertiary/aromatic N) is 2. The van der Waals surface area contributed by atoms with Gasteiger partial charge in [0.25, 0.3) is 5.69 Å². The van der Waals surface area contributed by atoms with Gasteiger partial charge < -0.3 is 5.32 Å². The number of aryl methyl sites for hydroxylation is 1. The monoisotopic (exact) mass is 321 g/mol. The van der Waals surface area contributed by atoms with Gasteiger partial charge in [0.1, 0.15) is 0 Å². The largest absolute Gasteiger partial charge is 0.380 e. The van der Waals surface area contributed by atoms with Gasteiger partial charge in [-0.05, 0) is 46.1 Å². The molecule has 0 unspecified atom stereocenters.